The molecule has 0 aliphatic heterocycles. The molecule has 2 aromatic rings. The maximum Gasteiger partial charge on any atom is 0.374 e. The van der Waals surface area contributed by atoms with Gasteiger partial charge in [0.1, 0.15) is 18.7 Å². The van der Waals surface area contributed by atoms with Crippen LogP contribution in [-0.4, -0.2) is 33.2 Å². The van der Waals surface area contributed by atoms with E-state index >= 15 is 0 Å². The molecule has 0 spiro atoms. The summed E-state index contributed by atoms with van der Waals surface area (Å²) in [6.45, 7) is 1.18. The number of para-hydroxylation sites is 1. The molecule has 0 saturated heterocycles. The molecule has 1 heterocycles. The number of fused-ring (bicyclic) bond motifs is 1. The van der Waals surface area contributed by atoms with Crippen molar-refractivity contribution in [2.24, 2.45) is 0 Å². The van der Waals surface area contributed by atoms with Crippen molar-refractivity contribution in [3.8, 4) is 0 Å². The lowest BCUT2D eigenvalue weighted by Gasteiger charge is -2.06. The molecule has 0 aliphatic rings. The van der Waals surface area contributed by atoms with Gasteiger partial charge in [0.2, 0.25) is 5.76 Å². The summed E-state index contributed by atoms with van der Waals surface area (Å²) in [5, 5.41) is 0.915. The van der Waals surface area contributed by atoms with Gasteiger partial charge >= 0.3 is 5.97 Å². The zero-order valence-electron chi connectivity index (χ0n) is 10.4. The zero-order chi connectivity index (χ0) is 12.3. The minimum Gasteiger partial charge on any atom is -1.00 e. The van der Waals surface area contributed by atoms with Gasteiger partial charge in [-0.15, -0.1) is 0 Å². The van der Waals surface area contributed by atoms with Gasteiger partial charge < -0.3 is 26.5 Å². The molecular formula is C13H16ClNO3. The first-order chi connectivity index (χ1) is 8.16. The van der Waals surface area contributed by atoms with Gasteiger partial charge in [-0.25, -0.2) is 4.79 Å². The minimum absolute atomic E-state index is 0. The van der Waals surface area contributed by atoms with Crippen molar-refractivity contribution < 1.29 is 31.3 Å². The van der Waals surface area contributed by atoms with Crippen LogP contribution in [0.15, 0.2) is 34.7 Å². The number of carbonyl (C=O) groups excluding carboxylic acids is 1. The van der Waals surface area contributed by atoms with Crippen LogP contribution >= 0.6 is 0 Å². The second-order valence-electron chi connectivity index (χ2n) is 4.24. The Labute approximate surface area is 112 Å². The minimum atomic E-state index is -0.401. The van der Waals surface area contributed by atoms with Gasteiger partial charge in [-0.1, -0.05) is 18.2 Å². The fourth-order valence-corrected chi connectivity index (χ4v) is 1.50. The van der Waals surface area contributed by atoms with E-state index in [2.05, 4.69) is 0 Å². The Morgan fingerprint density at radius 2 is 2.06 bits per heavy atom. The van der Waals surface area contributed by atoms with Crippen molar-refractivity contribution in [3.05, 3.63) is 36.1 Å². The third kappa shape index (κ3) is 3.48. The van der Waals surface area contributed by atoms with Gasteiger partial charge in [0.25, 0.3) is 0 Å². The average molecular weight is 270 g/mol. The Morgan fingerprint density at radius 3 is 2.72 bits per heavy atom. The van der Waals surface area contributed by atoms with Crippen LogP contribution in [0.4, 0.5) is 0 Å². The Kier molecular flexibility index (Phi) is 5.19. The third-order valence-electron chi connectivity index (χ3n) is 2.46. The van der Waals surface area contributed by atoms with E-state index < -0.39 is 5.97 Å². The lowest BCUT2D eigenvalue weighted by Crippen LogP contribution is -3.06. The fourth-order valence-electron chi connectivity index (χ4n) is 1.50. The maximum absolute atomic E-state index is 11.7. The van der Waals surface area contributed by atoms with Crippen LogP contribution in [0.2, 0.25) is 0 Å². The number of benzene rings is 1. The molecule has 4 nitrogen and oxygen atoms in total. The molecule has 0 amide bonds. The summed E-state index contributed by atoms with van der Waals surface area (Å²) < 4.78 is 10.5. The van der Waals surface area contributed by atoms with Gasteiger partial charge in [0, 0.05) is 5.39 Å². The summed E-state index contributed by atoms with van der Waals surface area (Å²) in [6.07, 6.45) is 0. The number of furan rings is 1. The van der Waals surface area contributed by atoms with Crippen LogP contribution in [0.5, 0.6) is 0 Å². The molecule has 0 atom stereocenters. The number of carbonyl (C=O) groups is 1. The van der Waals surface area contributed by atoms with E-state index in [-0.39, 0.29) is 18.2 Å². The average Bonchev–Trinajstić information content (AvgIpc) is 2.71. The molecule has 98 valence electrons. The Balaban J connectivity index is 0.00000162. The Hall–Kier alpha value is -1.52. The van der Waals surface area contributed by atoms with Gasteiger partial charge in [-0.2, -0.15) is 0 Å². The number of quaternary nitrogens is 1. The van der Waals surface area contributed by atoms with E-state index in [1.807, 2.05) is 38.4 Å². The summed E-state index contributed by atoms with van der Waals surface area (Å²) in [7, 11) is 4.02. The van der Waals surface area contributed by atoms with Crippen LogP contribution in [0, 0.1) is 0 Å². The molecule has 1 aromatic heterocycles. The SMILES string of the molecule is C[NH+](C)CCOC(=O)c1cc2ccccc2o1.[Cl-]. The van der Waals surface area contributed by atoms with Crippen LogP contribution < -0.4 is 17.3 Å². The van der Waals surface area contributed by atoms with Crippen molar-refractivity contribution in [1.29, 1.82) is 0 Å². The van der Waals surface area contributed by atoms with Crippen LogP contribution in [0.1, 0.15) is 10.6 Å². The fraction of sp³-hybridized carbons (Fsp3) is 0.308. The highest BCUT2D eigenvalue weighted by Gasteiger charge is 2.13. The molecule has 0 fully saturated rings. The number of hydrogen-bond donors (Lipinski definition) is 1. The highest BCUT2D eigenvalue weighted by atomic mass is 35.5. The standard InChI is InChI=1S/C13H15NO3.ClH/c1-14(2)7-8-16-13(15)12-9-10-5-3-4-6-11(10)17-12;/h3-6,9H,7-8H2,1-2H3;1H. The van der Waals surface area contributed by atoms with Crippen LogP contribution in [0.25, 0.3) is 11.0 Å². The molecule has 5 heteroatoms. The van der Waals surface area contributed by atoms with E-state index in [9.17, 15) is 4.79 Å². The predicted octanol–water partition coefficient (Wildman–Crippen LogP) is -2.26. The van der Waals surface area contributed by atoms with Gasteiger partial charge in [0.05, 0.1) is 14.1 Å². The monoisotopic (exact) mass is 269 g/mol. The van der Waals surface area contributed by atoms with Gasteiger partial charge in [-0.05, 0) is 12.1 Å². The maximum atomic E-state index is 11.7. The molecule has 18 heavy (non-hydrogen) atoms. The number of esters is 1. The van der Waals surface area contributed by atoms with Crippen molar-refractivity contribution >= 4 is 16.9 Å². The van der Waals surface area contributed by atoms with E-state index in [0.717, 1.165) is 11.9 Å². The zero-order valence-corrected chi connectivity index (χ0v) is 11.2. The van der Waals surface area contributed by atoms with E-state index in [1.54, 1.807) is 6.07 Å². The second-order valence-corrected chi connectivity index (χ2v) is 4.24. The second kappa shape index (κ2) is 6.42. The number of halogens is 1. The number of likely N-dealkylation sites (N-methyl/N-ethyl adjacent to an activating group) is 1. The predicted molar refractivity (Wildman–Crippen MR) is 64.2 cm³/mol. The topological polar surface area (TPSA) is 43.9 Å². The lowest BCUT2D eigenvalue weighted by molar-refractivity contribution is -0.858. The molecule has 0 saturated carbocycles. The Morgan fingerprint density at radius 1 is 1.33 bits per heavy atom. The highest BCUT2D eigenvalue weighted by molar-refractivity contribution is 5.92. The van der Waals surface area contributed by atoms with Crippen LogP contribution in [0.3, 0.4) is 0 Å². The first-order valence-corrected chi connectivity index (χ1v) is 5.61. The van der Waals surface area contributed by atoms with E-state index in [1.165, 1.54) is 4.90 Å². The number of rotatable bonds is 4. The lowest BCUT2D eigenvalue weighted by atomic mass is 10.2. The molecule has 1 N–H and O–H groups in total. The third-order valence-corrected chi connectivity index (χ3v) is 2.46. The van der Waals surface area contributed by atoms with Gasteiger partial charge in [0.15, 0.2) is 0 Å². The largest absolute Gasteiger partial charge is 1.00 e. The molecular weight excluding hydrogens is 254 g/mol. The number of nitrogens with one attached hydrogen (secondary N) is 1. The summed E-state index contributed by atoms with van der Waals surface area (Å²) in [4.78, 5) is 12.9. The summed E-state index contributed by atoms with van der Waals surface area (Å²) in [5.74, 6) is -0.137. The smallest absolute Gasteiger partial charge is 0.374 e. The van der Waals surface area contributed by atoms with Crippen molar-refractivity contribution in [3.63, 3.8) is 0 Å². The molecule has 0 radical (unpaired) electrons. The van der Waals surface area contributed by atoms with Crippen LogP contribution in [-0.2, 0) is 4.74 Å². The summed E-state index contributed by atoms with van der Waals surface area (Å²) in [5.41, 5.74) is 0.706. The van der Waals surface area contributed by atoms with Gasteiger partial charge in [-0.3, -0.25) is 0 Å². The van der Waals surface area contributed by atoms with E-state index in [4.69, 9.17) is 9.15 Å². The first-order valence-electron chi connectivity index (χ1n) is 5.61. The molecule has 0 unspecified atom stereocenters. The van der Waals surface area contributed by atoms with E-state index in [0.29, 0.717) is 12.2 Å². The Bertz CT molecular complexity index is 489. The molecule has 1 aromatic carbocycles. The van der Waals surface area contributed by atoms with Crippen molar-refractivity contribution in [2.45, 2.75) is 0 Å². The molecule has 0 aliphatic carbocycles. The molecule has 2 rings (SSSR count). The van der Waals surface area contributed by atoms with Crippen molar-refractivity contribution in [2.75, 3.05) is 27.2 Å². The normalized spacial score (nSPS) is 10.4. The summed E-state index contributed by atoms with van der Waals surface area (Å²) in [6, 6.07) is 9.22. The highest BCUT2D eigenvalue weighted by Crippen LogP contribution is 2.19. The summed E-state index contributed by atoms with van der Waals surface area (Å²) >= 11 is 0. The molecule has 0 bridgehead atoms. The number of ether oxygens (including phenoxy) is 1. The first kappa shape index (κ1) is 14.5. The van der Waals surface area contributed by atoms with Crippen molar-refractivity contribution in [1.82, 2.24) is 0 Å². The quantitative estimate of drug-likeness (QED) is 0.637. The number of hydrogen-bond acceptors (Lipinski definition) is 3.